The molecule has 0 aromatic heterocycles. The third kappa shape index (κ3) is 4.90. The Balaban J connectivity index is 2.00. The van der Waals surface area contributed by atoms with Gasteiger partial charge in [0, 0.05) is 37.7 Å². The third-order valence-corrected chi connectivity index (χ3v) is 7.62. The molecule has 3 aromatic rings. The van der Waals surface area contributed by atoms with Crippen molar-refractivity contribution in [1.82, 2.24) is 4.90 Å². The van der Waals surface area contributed by atoms with Gasteiger partial charge in [-0.25, -0.2) is 0 Å². The number of amidine groups is 1. The SMILES string of the molecule is CN=C(c1cccc(N2C=CN(C)[C@@H]2C)c1C)N(c1ccccc1C)c1c(C(C)C)cccc1C(C)C. The quantitative estimate of drug-likeness (QED) is 0.254. The number of rotatable bonds is 6. The lowest BCUT2D eigenvalue weighted by Gasteiger charge is -2.35. The Morgan fingerprint density at radius 1 is 0.838 bits per heavy atom. The predicted octanol–water partition coefficient (Wildman–Crippen LogP) is 8.33. The van der Waals surface area contributed by atoms with Crippen LogP contribution >= 0.6 is 0 Å². The van der Waals surface area contributed by atoms with Crippen LogP contribution in [0.5, 0.6) is 0 Å². The van der Waals surface area contributed by atoms with Crippen LogP contribution in [0, 0.1) is 13.8 Å². The van der Waals surface area contributed by atoms with Crippen molar-refractivity contribution in [3.05, 3.63) is 101 Å². The van der Waals surface area contributed by atoms with Crippen molar-refractivity contribution in [2.24, 2.45) is 4.99 Å². The number of hydrogen-bond acceptors (Lipinski definition) is 3. The van der Waals surface area contributed by atoms with Gasteiger partial charge in [-0.15, -0.1) is 0 Å². The molecule has 0 fully saturated rings. The van der Waals surface area contributed by atoms with E-state index in [-0.39, 0.29) is 6.17 Å². The molecule has 4 rings (SSSR count). The fraction of sp³-hybridized carbons (Fsp3) is 0.364. The van der Waals surface area contributed by atoms with Gasteiger partial charge in [-0.05, 0) is 67.0 Å². The van der Waals surface area contributed by atoms with E-state index in [0.29, 0.717) is 11.8 Å². The van der Waals surface area contributed by atoms with Crippen molar-refractivity contribution >= 4 is 22.9 Å². The maximum atomic E-state index is 5.01. The first kappa shape index (κ1) is 26.5. The molecule has 0 saturated heterocycles. The normalized spacial score (nSPS) is 15.9. The summed E-state index contributed by atoms with van der Waals surface area (Å²) in [5.41, 5.74) is 9.89. The Kier molecular flexibility index (Phi) is 7.77. The molecule has 0 radical (unpaired) electrons. The molecule has 4 heteroatoms. The molecule has 0 amide bonds. The van der Waals surface area contributed by atoms with Crippen molar-refractivity contribution in [3.63, 3.8) is 0 Å². The van der Waals surface area contributed by atoms with Crippen LogP contribution in [0.15, 0.2) is 78.1 Å². The summed E-state index contributed by atoms with van der Waals surface area (Å²) in [5, 5.41) is 0. The van der Waals surface area contributed by atoms with Crippen LogP contribution in [-0.4, -0.2) is 31.0 Å². The first-order valence-electron chi connectivity index (χ1n) is 13.4. The summed E-state index contributed by atoms with van der Waals surface area (Å²) in [6.07, 6.45) is 4.57. The highest BCUT2D eigenvalue weighted by Crippen LogP contribution is 2.42. The van der Waals surface area contributed by atoms with Crippen LogP contribution in [0.4, 0.5) is 17.1 Å². The standard InChI is InChI=1S/C33H42N4/c1-22(2)27-15-12-16-28(23(3)4)32(27)37(30-18-11-10-14-24(30)5)33(34-8)29-17-13-19-31(25(29)6)36-21-20-35(9)26(36)7/h10-23,26H,1-9H3/t26-/m0/s1. The molecule has 194 valence electrons. The number of para-hydroxylation sites is 2. The number of nitrogens with zero attached hydrogens (tertiary/aromatic N) is 4. The van der Waals surface area contributed by atoms with E-state index in [0.717, 1.165) is 17.1 Å². The highest BCUT2D eigenvalue weighted by Gasteiger charge is 2.29. The summed E-state index contributed by atoms with van der Waals surface area (Å²) >= 11 is 0. The topological polar surface area (TPSA) is 22.1 Å². The number of hydrogen-bond donors (Lipinski definition) is 0. The van der Waals surface area contributed by atoms with Crippen LogP contribution < -0.4 is 9.80 Å². The molecule has 0 bridgehead atoms. The van der Waals surface area contributed by atoms with Crippen molar-refractivity contribution in [2.45, 2.75) is 66.5 Å². The monoisotopic (exact) mass is 494 g/mol. The van der Waals surface area contributed by atoms with E-state index in [9.17, 15) is 0 Å². The van der Waals surface area contributed by atoms with E-state index in [4.69, 9.17) is 4.99 Å². The molecule has 1 aliphatic heterocycles. The van der Waals surface area contributed by atoms with Crippen LogP contribution in [0.2, 0.25) is 0 Å². The second kappa shape index (κ2) is 10.8. The Labute approximate surface area is 223 Å². The minimum absolute atomic E-state index is 0.262. The zero-order valence-corrected chi connectivity index (χ0v) is 23.9. The van der Waals surface area contributed by atoms with Crippen LogP contribution in [0.3, 0.4) is 0 Å². The molecular weight excluding hydrogens is 452 g/mol. The average Bonchev–Trinajstić information content (AvgIpc) is 3.21. The van der Waals surface area contributed by atoms with Crippen molar-refractivity contribution in [3.8, 4) is 0 Å². The Morgan fingerprint density at radius 3 is 2.00 bits per heavy atom. The van der Waals surface area contributed by atoms with Gasteiger partial charge in [0.15, 0.2) is 0 Å². The zero-order valence-electron chi connectivity index (χ0n) is 23.9. The first-order valence-corrected chi connectivity index (χ1v) is 13.4. The summed E-state index contributed by atoms with van der Waals surface area (Å²) in [6.45, 7) is 15.8. The van der Waals surface area contributed by atoms with E-state index in [1.807, 2.05) is 7.05 Å². The first-order chi connectivity index (χ1) is 17.7. The summed E-state index contributed by atoms with van der Waals surface area (Å²) in [4.78, 5) is 12.0. The molecule has 0 N–H and O–H groups in total. The van der Waals surface area contributed by atoms with Crippen LogP contribution in [0.1, 0.15) is 74.3 Å². The average molecular weight is 495 g/mol. The summed E-state index contributed by atoms with van der Waals surface area (Å²) < 4.78 is 0. The molecule has 3 aromatic carbocycles. The van der Waals surface area contributed by atoms with Crippen LogP contribution in [-0.2, 0) is 0 Å². The van der Waals surface area contributed by atoms with E-state index in [1.54, 1.807) is 0 Å². The summed E-state index contributed by atoms with van der Waals surface area (Å²) in [5.74, 6) is 1.71. The number of aliphatic imine (C=N–C) groups is 1. The number of aryl methyl sites for hydroxylation is 1. The summed E-state index contributed by atoms with van der Waals surface area (Å²) in [6, 6.07) is 22.0. The molecule has 1 heterocycles. The minimum Gasteiger partial charge on any atom is -0.359 e. The highest BCUT2D eigenvalue weighted by atomic mass is 15.4. The van der Waals surface area contributed by atoms with Gasteiger partial charge in [0.25, 0.3) is 0 Å². The molecule has 0 aliphatic carbocycles. The van der Waals surface area contributed by atoms with Gasteiger partial charge in [-0.3, -0.25) is 9.89 Å². The fourth-order valence-corrected chi connectivity index (χ4v) is 5.31. The molecule has 4 nitrogen and oxygen atoms in total. The van der Waals surface area contributed by atoms with Crippen molar-refractivity contribution in [2.75, 3.05) is 23.9 Å². The predicted molar refractivity (Wildman–Crippen MR) is 160 cm³/mol. The Bertz CT molecular complexity index is 1290. The Hall–Kier alpha value is -3.53. The molecule has 1 atom stereocenters. The fourth-order valence-electron chi connectivity index (χ4n) is 5.31. The molecule has 0 spiro atoms. The smallest absolute Gasteiger partial charge is 0.140 e. The van der Waals surface area contributed by atoms with Gasteiger partial charge in [-0.1, -0.05) is 76.2 Å². The van der Waals surface area contributed by atoms with Crippen molar-refractivity contribution < 1.29 is 0 Å². The summed E-state index contributed by atoms with van der Waals surface area (Å²) in [7, 11) is 4.04. The van der Waals surface area contributed by atoms with Crippen molar-refractivity contribution in [1.29, 1.82) is 0 Å². The molecule has 37 heavy (non-hydrogen) atoms. The zero-order chi connectivity index (χ0) is 26.9. The second-order valence-corrected chi connectivity index (χ2v) is 10.7. The van der Waals surface area contributed by atoms with Crippen LogP contribution in [0.25, 0.3) is 0 Å². The highest BCUT2D eigenvalue weighted by molar-refractivity contribution is 6.16. The number of benzene rings is 3. The van der Waals surface area contributed by atoms with Gasteiger partial charge in [0.1, 0.15) is 12.0 Å². The van der Waals surface area contributed by atoms with E-state index >= 15 is 0 Å². The van der Waals surface area contributed by atoms with Gasteiger partial charge in [0.05, 0.1) is 11.4 Å². The third-order valence-electron chi connectivity index (χ3n) is 7.62. The molecule has 0 saturated carbocycles. The second-order valence-electron chi connectivity index (χ2n) is 10.7. The molecule has 0 unspecified atom stereocenters. The number of anilines is 3. The minimum atomic E-state index is 0.262. The lowest BCUT2D eigenvalue weighted by atomic mass is 9.90. The van der Waals surface area contributed by atoms with E-state index in [2.05, 4.69) is 143 Å². The van der Waals surface area contributed by atoms with Gasteiger partial charge in [-0.2, -0.15) is 0 Å². The van der Waals surface area contributed by atoms with E-state index < -0.39 is 0 Å². The molecule has 1 aliphatic rings. The maximum absolute atomic E-state index is 5.01. The van der Waals surface area contributed by atoms with Gasteiger partial charge in [0.2, 0.25) is 0 Å². The van der Waals surface area contributed by atoms with Gasteiger partial charge >= 0.3 is 0 Å². The lowest BCUT2D eigenvalue weighted by molar-refractivity contribution is 0.383. The lowest BCUT2D eigenvalue weighted by Crippen LogP contribution is -2.34. The Morgan fingerprint density at radius 2 is 1.46 bits per heavy atom. The largest absolute Gasteiger partial charge is 0.359 e. The molecular formula is C33H42N4. The maximum Gasteiger partial charge on any atom is 0.140 e. The van der Waals surface area contributed by atoms with E-state index in [1.165, 1.54) is 33.6 Å². The van der Waals surface area contributed by atoms with Gasteiger partial charge < -0.3 is 9.80 Å².